The van der Waals surface area contributed by atoms with Crippen molar-refractivity contribution in [2.45, 2.75) is 10.3 Å². The van der Waals surface area contributed by atoms with Crippen LogP contribution in [0.5, 0.6) is 0 Å². The Balaban J connectivity index is 1.65. The number of nitrogens with zero attached hydrogens (tertiary/aromatic N) is 2. The molecule has 5 nitrogen and oxygen atoms in total. The van der Waals surface area contributed by atoms with Gasteiger partial charge in [-0.3, -0.25) is 4.90 Å². The van der Waals surface area contributed by atoms with Gasteiger partial charge in [-0.2, -0.15) is 4.31 Å². The van der Waals surface area contributed by atoms with Crippen LogP contribution in [0.3, 0.4) is 0 Å². The van der Waals surface area contributed by atoms with E-state index in [4.69, 9.17) is 0 Å². The maximum Gasteiger partial charge on any atom is 0.252 e. The number of nitrogens with one attached hydrogen (secondary N) is 1. The van der Waals surface area contributed by atoms with Crippen molar-refractivity contribution in [1.29, 1.82) is 0 Å². The third-order valence-corrected chi connectivity index (χ3v) is 6.91. The van der Waals surface area contributed by atoms with E-state index in [0.29, 0.717) is 23.3 Å². The predicted molar refractivity (Wildman–Crippen MR) is 71.3 cm³/mol. The van der Waals surface area contributed by atoms with Crippen LogP contribution >= 0.6 is 11.3 Å². The molecule has 0 unspecified atom stereocenters. The summed E-state index contributed by atoms with van der Waals surface area (Å²) >= 11 is 1.29. The number of thiophene rings is 1. The van der Waals surface area contributed by atoms with Crippen molar-refractivity contribution in [2.75, 3.05) is 39.3 Å². The van der Waals surface area contributed by atoms with Crippen LogP contribution in [0, 0.1) is 0 Å². The minimum absolute atomic E-state index is 0.460. The van der Waals surface area contributed by atoms with E-state index in [-0.39, 0.29) is 0 Å². The first kappa shape index (κ1) is 12.6. The first-order valence-electron chi connectivity index (χ1n) is 6.16. The molecular formula is C11H17N3O2S2. The molecule has 3 rings (SSSR count). The van der Waals surface area contributed by atoms with Gasteiger partial charge < -0.3 is 5.32 Å². The fourth-order valence-electron chi connectivity index (χ4n) is 2.38. The zero-order chi connectivity index (χ0) is 12.6. The second kappa shape index (κ2) is 4.90. The molecule has 2 fully saturated rings. The maximum atomic E-state index is 12.3. The molecule has 18 heavy (non-hydrogen) atoms. The van der Waals surface area contributed by atoms with E-state index in [2.05, 4.69) is 10.2 Å². The summed E-state index contributed by atoms with van der Waals surface area (Å²) in [7, 11) is -3.25. The van der Waals surface area contributed by atoms with Crippen LogP contribution in [0.15, 0.2) is 21.7 Å². The third kappa shape index (κ3) is 2.21. The molecule has 100 valence electrons. The molecule has 0 radical (unpaired) electrons. The number of hydrogen-bond acceptors (Lipinski definition) is 5. The van der Waals surface area contributed by atoms with Crippen molar-refractivity contribution >= 4 is 21.4 Å². The van der Waals surface area contributed by atoms with E-state index in [1.165, 1.54) is 11.3 Å². The average molecular weight is 287 g/mol. The zero-order valence-corrected chi connectivity index (χ0v) is 11.7. The lowest BCUT2D eigenvalue weighted by atomic mass is 10.1. The Morgan fingerprint density at radius 3 is 2.44 bits per heavy atom. The molecule has 2 saturated heterocycles. The summed E-state index contributed by atoms with van der Waals surface area (Å²) in [5.41, 5.74) is 0. The van der Waals surface area contributed by atoms with Crippen LogP contribution in [0.2, 0.25) is 0 Å². The quantitative estimate of drug-likeness (QED) is 0.852. The second-order valence-corrected chi connectivity index (χ2v) is 7.80. The Kier molecular flexibility index (Phi) is 3.42. The standard InChI is InChI=1S/C11H17N3O2S2/c15-18(16,11-2-1-7-17-11)14-5-3-13(4-6-14)10-8-12-9-10/h1-2,7,10,12H,3-6,8-9H2. The van der Waals surface area contributed by atoms with Crippen molar-refractivity contribution in [1.82, 2.24) is 14.5 Å². The number of piperazine rings is 1. The van der Waals surface area contributed by atoms with Crippen LogP contribution in [-0.4, -0.2) is 62.9 Å². The molecule has 0 aliphatic carbocycles. The minimum Gasteiger partial charge on any atom is -0.314 e. The van der Waals surface area contributed by atoms with Crippen molar-refractivity contribution < 1.29 is 8.42 Å². The zero-order valence-electron chi connectivity index (χ0n) is 10.1. The summed E-state index contributed by atoms with van der Waals surface area (Å²) in [6.07, 6.45) is 0. The number of hydrogen-bond donors (Lipinski definition) is 1. The van der Waals surface area contributed by atoms with E-state index in [1.807, 2.05) is 5.38 Å². The van der Waals surface area contributed by atoms with Gasteiger partial charge in [-0.05, 0) is 11.4 Å². The summed E-state index contributed by atoms with van der Waals surface area (Å²) in [6.45, 7) is 4.98. The molecule has 1 N–H and O–H groups in total. The van der Waals surface area contributed by atoms with Crippen LogP contribution < -0.4 is 5.32 Å². The Hall–Kier alpha value is -0.470. The fourth-order valence-corrected chi connectivity index (χ4v) is 4.94. The summed E-state index contributed by atoms with van der Waals surface area (Å²) in [4.78, 5) is 2.39. The SMILES string of the molecule is O=S(=O)(c1cccs1)N1CCN(C2CNC2)CC1. The molecule has 3 heterocycles. The summed E-state index contributed by atoms with van der Waals surface area (Å²) in [5, 5.41) is 5.06. The molecule has 0 bridgehead atoms. The first-order valence-corrected chi connectivity index (χ1v) is 8.48. The lowest BCUT2D eigenvalue weighted by Crippen LogP contribution is -2.61. The lowest BCUT2D eigenvalue weighted by molar-refractivity contribution is 0.103. The normalized spacial score (nSPS) is 24.0. The molecule has 0 saturated carbocycles. The van der Waals surface area contributed by atoms with Gasteiger partial charge in [0.1, 0.15) is 4.21 Å². The number of rotatable bonds is 3. The highest BCUT2D eigenvalue weighted by atomic mass is 32.2. The molecule has 0 amide bonds. The van der Waals surface area contributed by atoms with Crippen LogP contribution in [0.25, 0.3) is 0 Å². The molecule has 0 aromatic carbocycles. The smallest absolute Gasteiger partial charge is 0.252 e. The van der Waals surface area contributed by atoms with Crippen molar-refractivity contribution in [3.63, 3.8) is 0 Å². The van der Waals surface area contributed by atoms with Gasteiger partial charge in [-0.1, -0.05) is 6.07 Å². The van der Waals surface area contributed by atoms with Gasteiger partial charge >= 0.3 is 0 Å². The first-order chi connectivity index (χ1) is 8.68. The Morgan fingerprint density at radius 1 is 1.22 bits per heavy atom. The van der Waals surface area contributed by atoms with E-state index >= 15 is 0 Å². The molecule has 7 heteroatoms. The third-order valence-electron chi connectivity index (χ3n) is 3.64. The van der Waals surface area contributed by atoms with Crippen LogP contribution in [0.4, 0.5) is 0 Å². The number of sulfonamides is 1. The van der Waals surface area contributed by atoms with Gasteiger partial charge in [0.15, 0.2) is 0 Å². The second-order valence-electron chi connectivity index (χ2n) is 4.68. The molecule has 2 aliphatic heterocycles. The Bertz CT molecular complexity index is 488. The van der Waals surface area contributed by atoms with E-state index in [9.17, 15) is 8.42 Å². The van der Waals surface area contributed by atoms with E-state index in [0.717, 1.165) is 26.2 Å². The highest BCUT2D eigenvalue weighted by molar-refractivity contribution is 7.91. The van der Waals surface area contributed by atoms with Gasteiger partial charge in [0.25, 0.3) is 10.0 Å². The molecule has 1 aromatic heterocycles. The molecule has 1 aromatic rings. The highest BCUT2D eigenvalue weighted by Crippen LogP contribution is 2.22. The summed E-state index contributed by atoms with van der Waals surface area (Å²) in [6, 6.07) is 4.08. The summed E-state index contributed by atoms with van der Waals surface area (Å²) in [5.74, 6) is 0. The van der Waals surface area contributed by atoms with Gasteiger partial charge in [-0.25, -0.2) is 8.42 Å². The monoisotopic (exact) mass is 287 g/mol. The maximum absolute atomic E-state index is 12.3. The van der Waals surface area contributed by atoms with Gasteiger partial charge in [0.05, 0.1) is 0 Å². The largest absolute Gasteiger partial charge is 0.314 e. The van der Waals surface area contributed by atoms with Crippen molar-refractivity contribution in [2.24, 2.45) is 0 Å². The highest BCUT2D eigenvalue weighted by Gasteiger charge is 2.33. The van der Waals surface area contributed by atoms with E-state index < -0.39 is 10.0 Å². The molecular weight excluding hydrogens is 270 g/mol. The van der Waals surface area contributed by atoms with Crippen LogP contribution in [-0.2, 0) is 10.0 Å². The van der Waals surface area contributed by atoms with Crippen LogP contribution in [0.1, 0.15) is 0 Å². The Morgan fingerprint density at radius 2 is 1.94 bits per heavy atom. The Labute approximate surface area is 111 Å². The topological polar surface area (TPSA) is 52.7 Å². The fraction of sp³-hybridized carbons (Fsp3) is 0.636. The van der Waals surface area contributed by atoms with Gasteiger partial charge in [0.2, 0.25) is 0 Å². The van der Waals surface area contributed by atoms with Gasteiger partial charge in [-0.15, -0.1) is 11.3 Å². The minimum atomic E-state index is -3.25. The molecule has 0 atom stereocenters. The van der Waals surface area contributed by atoms with Gasteiger partial charge in [0, 0.05) is 45.3 Å². The van der Waals surface area contributed by atoms with E-state index in [1.54, 1.807) is 16.4 Å². The molecule has 0 spiro atoms. The lowest BCUT2D eigenvalue weighted by Gasteiger charge is -2.42. The molecule has 2 aliphatic rings. The summed E-state index contributed by atoms with van der Waals surface area (Å²) < 4.78 is 26.7. The predicted octanol–water partition coefficient (Wildman–Crippen LogP) is 0.0262. The van der Waals surface area contributed by atoms with Crippen molar-refractivity contribution in [3.05, 3.63) is 17.5 Å². The van der Waals surface area contributed by atoms with Crippen molar-refractivity contribution in [3.8, 4) is 0 Å². The average Bonchev–Trinajstić information content (AvgIpc) is 2.81.